The van der Waals surface area contributed by atoms with Crippen LogP contribution in [0.25, 0.3) is 0 Å². The highest BCUT2D eigenvalue weighted by Gasteiger charge is 2.30. The lowest BCUT2D eigenvalue weighted by Gasteiger charge is -2.30. The van der Waals surface area contributed by atoms with E-state index in [-0.39, 0.29) is 38.1 Å². The number of hydrogen-bond acceptors (Lipinski definition) is 7. The Morgan fingerprint density at radius 1 is 0.902 bits per heavy atom. The highest BCUT2D eigenvalue weighted by Crippen LogP contribution is 2.09. The highest BCUT2D eigenvalue weighted by molar-refractivity contribution is 5.94. The fourth-order valence-electron chi connectivity index (χ4n) is 3.81. The van der Waals surface area contributed by atoms with Crippen molar-refractivity contribution in [2.75, 3.05) is 26.2 Å². The molecule has 0 bridgehead atoms. The van der Waals surface area contributed by atoms with Crippen LogP contribution in [0.2, 0.25) is 0 Å². The molecule has 0 saturated heterocycles. The summed E-state index contributed by atoms with van der Waals surface area (Å²) in [6, 6.07) is 7.17. The zero-order chi connectivity index (χ0) is 30.9. The average molecular weight is 577 g/mol. The molecule has 0 spiro atoms. The molecular formula is C28H44N6O7. The minimum atomic E-state index is -0.964. The molecule has 0 aliphatic carbocycles. The third-order valence-corrected chi connectivity index (χ3v) is 5.79. The molecular weight excluding hydrogens is 532 g/mol. The van der Waals surface area contributed by atoms with Gasteiger partial charge < -0.3 is 36.6 Å². The van der Waals surface area contributed by atoms with Gasteiger partial charge in [0.1, 0.15) is 25.2 Å². The molecule has 0 heterocycles. The number of carbonyl (C=O) groups excluding carboxylic acids is 6. The Bertz CT molecular complexity index is 1030. The van der Waals surface area contributed by atoms with E-state index in [1.54, 1.807) is 26.0 Å². The molecule has 13 nitrogen and oxygen atoms in total. The number of nitrogens with zero attached hydrogens (tertiary/aromatic N) is 1. The van der Waals surface area contributed by atoms with Crippen molar-refractivity contribution in [2.24, 2.45) is 17.6 Å². The molecule has 1 aromatic rings. The van der Waals surface area contributed by atoms with E-state index in [0.717, 1.165) is 5.56 Å². The summed E-state index contributed by atoms with van der Waals surface area (Å²) in [4.78, 5) is 75.7. The molecule has 0 aliphatic rings. The molecule has 228 valence electrons. The lowest BCUT2D eigenvalue weighted by molar-refractivity contribution is -0.141. The Balaban J connectivity index is 2.77. The minimum Gasteiger partial charge on any atom is -0.445 e. The van der Waals surface area contributed by atoms with Gasteiger partial charge in [-0.05, 0) is 30.2 Å². The topological polar surface area (TPSA) is 189 Å². The summed E-state index contributed by atoms with van der Waals surface area (Å²) in [5.74, 6) is -3.18. The Kier molecular flexibility index (Phi) is 15.5. The summed E-state index contributed by atoms with van der Waals surface area (Å²) >= 11 is 0. The molecule has 0 aliphatic heterocycles. The maximum Gasteiger partial charge on any atom is 0.407 e. The van der Waals surface area contributed by atoms with Gasteiger partial charge in [0.15, 0.2) is 0 Å². The standard InChI is InChI=1S/C28H44N6O7/c1-6-12-34(16-24(37)32-21(13-18(2)3)26(38)30-14-22(29)35)27(39)25(19(4)5)33-23(36)15-31-28(40)41-17-20-10-8-7-9-11-20/h7-11,18-19,21,25H,6,12-17H2,1-5H3,(H2,29,35)(H,30,38)(H,31,40)(H,32,37)(H,33,36)/t21-,25?/m0/s1. The lowest BCUT2D eigenvalue weighted by atomic mass is 10.0. The van der Waals surface area contributed by atoms with E-state index in [4.69, 9.17) is 10.5 Å². The number of carbonyl (C=O) groups is 6. The normalized spacial score (nSPS) is 12.2. The summed E-state index contributed by atoms with van der Waals surface area (Å²) in [5, 5.41) is 10.0. The molecule has 0 aromatic heterocycles. The largest absolute Gasteiger partial charge is 0.445 e. The van der Waals surface area contributed by atoms with Gasteiger partial charge >= 0.3 is 6.09 Å². The SMILES string of the molecule is CCCN(CC(=O)N[C@@H](CC(C)C)C(=O)NCC(N)=O)C(=O)C(NC(=O)CNC(=O)OCc1ccccc1)C(C)C. The highest BCUT2D eigenvalue weighted by atomic mass is 16.5. The third kappa shape index (κ3) is 14.2. The van der Waals surface area contributed by atoms with Crippen LogP contribution in [0, 0.1) is 11.8 Å². The number of ether oxygens (including phenoxy) is 1. The van der Waals surface area contributed by atoms with Crippen LogP contribution in [0.5, 0.6) is 0 Å². The summed E-state index contributed by atoms with van der Waals surface area (Å²) in [5.41, 5.74) is 5.88. The molecule has 1 aromatic carbocycles. The number of primary amides is 1. The van der Waals surface area contributed by atoms with Crippen molar-refractivity contribution in [2.45, 2.75) is 66.2 Å². The van der Waals surface area contributed by atoms with Crippen molar-refractivity contribution < 1.29 is 33.5 Å². The first-order valence-corrected chi connectivity index (χ1v) is 13.7. The van der Waals surface area contributed by atoms with Crippen LogP contribution < -0.4 is 27.0 Å². The predicted octanol–water partition coefficient (Wildman–Crippen LogP) is 0.425. The van der Waals surface area contributed by atoms with Crippen molar-refractivity contribution in [3.05, 3.63) is 35.9 Å². The first-order chi connectivity index (χ1) is 19.3. The number of nitrogens with one attached hydrogen (secondary N) is 4. The van der Waals surface area contributed by atoms with Crippen molar-refractivity contribution in [3.63, 3.8) is 0 Å². The molecule has 0 radical (unpaired) electrons. The fraction of sp³-hybridized carbons (Fsp3) is 0.571. The van der Waals surface area contributed by atoms with Crippen LogP contribution in [0.4, 0.5) is 4.79 Å². The first kappa shape index (κ1) is 34.9. The Hall–Kier alpha value is -4.16. The molecule has 0 fully saturated rings. The smallest absolute Gasteiger partial charge is 0.407 e. The second kappa shape index (κ2) is 18.2. The van der Waals surface area contributed by atoms with Gasteiger partial charge in [-0.2, -0.15) is 0 Å². The van der Waals surface area contributed by atoms with Gasteiger partial charge in [0.25, 0.3) is 0 Å². The molecule has 6 amide bonds. The van der Waals surface area contributed by atoms with E-state index in [9.17, 15) is 28.8 Å². The number of rotatable bonds is 17. The zero-order valence-electron chi connectivity index (χ0n) is 24.5. The van der Waals surface area contributed by atoms with Gasteiger partial charge in [-0.25, -0.2) is 4.79 Å². The quantitative estimate of drug-likeness (QED) is 0.178. The molecule has 2 atom stereocenters. The lowest BCUT2D eigenvalue weighted by Crippen LogP contribution is -2.56. The van der Waals surface area contributed by atoms with Crippen molar-refractivity contribution in [1.29, 1.82) is 0 Å². The van der Waals surface area contributed by atoms with E-state index in [1.807, 2.05) is 39.0 Å². The van der Waals surface area contributed by atoms with E-state index in [1.165, 1.54) is 4.90 Å². The Morgan fingerprint density at radius 3 is 2.12 bits per heavy atom. The summed E-state index contributed by atoms with van der Waals surface area (Å²) in [6.45, 7) is 8.25. The molecule has 6 N–H and O–H groups in total. The van der Waals surface area contributed by atoms with Gasteiger partial charge in [0.05, 0.1) is 13.1 Å². The zero-order valence-corrected chi connectivity index (χ0v) is 24.5. The monoisotopic (exact) mass is 576 g/mol. The second-order valence-electron chi connectivity index (χ2n) is 10.4. The van der Waals surface area contributed by atoms with E-state index in [2.05, 4.69) is 21.3 Å². The van der Waals surface area contributed by atoms with Crippen LogP contribution in [0.3, 0.4) is 0 Å². The predicted molar refractivity (Wildman–Crippen MR) is 152 cm³/mol. The van der Waals surface area contributed by atoms with Gasteiger partial charge in [0.2, 0.25) is 29.5 Å². The van der Waals surface area contributed by atoms with E-state index < -0.39 is 54.3 Å². The van der Waals surface area contributed by atoms with Gasteiger partial charge in [0, 0.05) is 6.54 Å². The van der Waals surface area contributed by atoms with Crippen LogP contribution in [-0.4, -0.2) is 78.8 Å². The molecule has 0 saturated carbocycles. The molecule has 1 rings (SSSR count). The van der Waals surface area contributed by atoms with Crippen molar-refractivity contribution >= 4 is 35.6 Å². The number of amides is 6. The van der Waals surface area contributed by atoms with E-state index in [0.29, 0.717) is 12.8 Å². The number of hydrogen-bond donors (Lipinski definition) is 5. The summed E-state index contributed by atoms with van der Waals surface area (Å²) in [7, 11) is 0. The van der Waals surface area contributed by atoms with Gasteiger partial charge in [-0.15, -0.1) is 0 Å². The first-order valence-electron chi connectivity index (χ1n) is 13.7. The minimum absolute atomic E-state index is 0.0419. The maximum atomic E-state index is 13.4. The Labute approximate surface area is 241 Å². The summed E-state index contributed by atoms with van der Waals surface area (Å²) in [6.07, 6.45) is 0.0708. The van der Waals surface area contributed by atoms with E-state index >= 15 is 0 Å². The van der Waals surface area contributed by atoms with Crippen LogP contribution in [0.1, 0.15) is 53.0 Å². The van der Waals surface area contributed by atoms with Crippen molar-refractivity contribution in [1.82, 2.24) is 26.2 Å². The number of alkyl carbamates (subject to hydrolysis) is 1. The van der Waals surface area contributed by atoms with Crippen LogP contribution in [-0.2, 0) is 35.3 Å². The third-order valence-electron chi connectivity index (χ3n) is 5.79. The van der Waals surface area contributed by atoms with Crippen LogP contribution in [0.15, 0.2) is 30.3 Å². The number of benzene rings is 1. The molecule has 1 unspecified atom stereocenters. The maximum absolute atomic E-state index is 13.4. The Morgan fingerprint density at radius 2 is 1.56 bits per heavy atom. The van der Waals surface area contributed by atoms with Gasteiger partial charge in [-0.3, -0.25) is 24.0 Å². The summed E-state index contributed by atoms with van der Waals surface area (Å²) < 4.78 is 5.09. The molecule has 41 heavy (non-hydrogen) atoms. The van der Waals surface area contributed by atoms with Crippen molar-refractivity contribution in [3.8, 4) is 0 Å². The second-order valence-corrected chi connectivity index (χ2v) is 10.4. The number of nitrogens with two attached hydrogens (primary N) is 1. The van der Waals surface area contributed by atoms with Crippen LogP contribution >= 0.6 is 0 Å². The van der Waals surface area contributed by atoms with Gasteiger partial charge in [-0.1, -0.05) is 65.0 Å². The molecule has 13 heteroatoms. The average Bonchev–Trinajstić information content (AvgIpc) is 2.91. The fourth-order valence-corrected chi connectivity index (χ4v) is 3.81.